The Morgan fingerprint density at radius 2 is 2.09 bits per heavy atom. The SMILES string of the molecule is CCN(C(C)=O)c1ccc2c(c1)CCc1cnc3ccnn3c1-2. The number of benzene rings is 1. The normalized spacial score (nSPS) is 12.8. The summed E-state index contributed by atoms with van der Waals surface area (Å²) in [6.45, 7) is 4.28. The smallest absolute Gasteiger partial charge is 0.223 e. The van der Waals surface area contributed by atoms with E-state index in [1.54, 1.807) is 18.0 Å². The summed E-state index contributed by atoms with van der Waals surface area (Å²) in [6, 6.07) is 8.18. The lowest BCUT2D eigenvalue weighted by molar-refractivity contribution is -0.116. The molecule has 0 bridgehead atoms. The van der Waals surface area contributed by atoms with Gasteiger partial charge in [0.1, 0.15) is 0 Å². The van der Waals surface area contributed by atoms with Gasteiger partial charge in [-0.1, -0.05) is 6.07 Å². The van der Waals surface area contributed by atoms with Crippen LogP contribution in [0, 0.1) is 0 Å². The predicted octanol–water partition coefficient (Wildman–Crippen LogP) is 2.87. The lowest BCUT2D eigenvalue weighted by atomic mass is 9.89. The molecule has 0 unspecified atom stereocenters. The zero-order valence-electron chi connectivity index (χ0n) is 13.3. The van der Waals surface area contributed by atoms with Crippen molar-refractivity contribution in [3.05, 3.63) is 47.8 Å². The molecule has 1 aliphatic rings. The van der Waals surface area contributed by atoms with Crippen molar-refractivity contribution in [2.45, 2.75) is 26.7 Å². The lowest BCUT2D eigenvalue weighted by Crippen LogP contribution is -2.28. The van der Waals surface area contributed by atoms with E-state index in [0.717, 1.165) is 29.9 Å². The molecule has 1 aromatic carbocycles. The molecule has 0 saturated heterocycles. The first kappa shape index (κ1) is 13.9. The Morgan fingerprint density at radius 1 is 1.26 bits per heavy atom. The molecule has 0 radical (unpaired) electrons. The summed E-state index contributed by atoms with van der Waals surface area (Å²) in [5, 5.41) is 4.42. The maximum atomic E-state index is 11.8. The van der Waals surface area contributed by atoms with Gasteiger partial charge in [0.05, 0.1) is 11.9 Å². The van der Waals surface area contributed by atoms with Gasteiger partial charge >= 0.3 is 0 Å². The number of rotatable bonds is 2. The van der Waals surface area contributed by atoms with E-state index < -0.39 is 0 Å². The van der Waals surface area contributed by atoms with Crippen LogP contribution in [-0.2, 0) is 17.6 Å². The highest BCUT2D eigenvalue weighted by atomic mass is 16.2. The molecule has 0 saturated carbocycles. The van der Waals surface area contributed by atoms with Crippen molar-refractivity contribution in [2.24, 2.45) is 0 Å². The summed E-state index contributed by atoms with van der Waals surface area (Å²) >= 11 is 0. The molecule has 116 valence electrons. The number of fused-ring (bicyclic) bond motifs is 5. The standard InChI is InChI=1S/C18H18N4O/c1-3-21(12(2)23)15-6-7-16-13(10-15)4-5-14-11-19-17-8-9-20-22(17)18(14)16/h6-11H,3-5H2,1-2H3. The molecule has 1 aliphatic carbocycles. The second kappa shape index (κ2) is 5.19. The predicted molar refractivity (Wildman–Crippen MR) is 89.5 cm³/mol. The maximum Gasteiger partial charge on any atom is 0.223 e. The van der Waals surface area contributed by atoms with Crippen molar-refractivity contribution in [3.8, 4) is 11.3 Å². The number of amides is 1. The van der Waals surface area contributed by atoms with Crippen LogP contribution in [0.3, 0.4) is 0 Å². The van der Waals surface area contributed by atoms with Gasteiger partial charge in [0.15, 0.2) is 5.65 Å². The van der Waals surface area contributed by atoms with E-state index >= 15 is 0 Å². The van der Waals surface area contributed by atoms with Crippen LogP contribution in [0.2, 0.25) is 0 Å². The Kier molecular flexibility index (Phi) is 3.15. The van der Waals surface area contributed by atoms with E-state index in [2.05, 4.69) is 22.2 Å². The maximum absolute atomic E-state index is 11.8. The van der Waals surface area contributed by atoms with Crippen molar-refractivity contribution in [2.75, 3.05) is 11.4 Å². The fraction of sp³-hybridized carbons (Fsp3) is 0.278. The van der Waals surface area contributed by atoms with Crippen molar-refractivity contribution in [1.82, 2.24) is 14.6 Å². The minimum atomic E-state index is 0.0716. The second-order valence-electron chi connectivity index (χ2n) is 5.84. The molecule has 3 aromatic rings. The molecule has 5 heteroatoms. The monoisotopic (exact) mass is 306 g/mol. The second-order valence-corrected chi connectivity index (χ2v) is 5.84. The Morgan fingerprint density at radius 3 is 2.87 bits per heavy atom. The third kappa shape index (κ3) is 2.11. The average Bonchev–Trinajstić information content (AvgIpc) is 3.03. The van der Waals surface area contributed by atoms with Crippen molar-refractivity contribution >= 4 is 17.2 Å². The van der Waals surface area contributed by atoms with Crippen molar-refractivity contribution in [1.29, 1.82) is 0 Å². The van der Waals surface area contributed by atoms with Gasteiger partial charge in [0, 0.05) is 37.0 Å². The number of hydrogen-bond donors (Lipinski definition) is 0. The van der Waals surface area contributed by atoms with Gasteiger partial charge in [-0.25, -0.2) is 9.50 Å². The fourth-order valence-corrected chi connectivity index (χ4v) is 3.42. The van der Waals surface area contributed by atoms with Crippen LogP contribution >= 0.6 is 0 Å². The van der Waals surface area contributed by atoms with Gasteiger partial charge in [-0.3, -0.25) is 4.79 Å². The van der Waals surface area contributed by atoms with Crippen LogP contribution in [0.1, 0.15) is 25.0 Å². The van der Waals surface area contributed by atoms with Gasteiger partial charge in [0.25, 0.3) is 0 Å². The summed E-state index contributed by atoms with van der Waals surface area (Å²) in [5.41, 5.74) is 6.62. The topological polar surface area (TPSA) is 50.5 Å². The van der Waals surface area contributed by atoms with Gasteiger partial charge in [-0.15, -0.1) is 0 Å². The average molecular weight is 306 g/mol. The Hall–Kier alpha value is -2.69. The van der Waals surface area contributed by atoms with Crippen LogP contribution in [0.5, 0.6) is 0 Å². The highest BCUT2D eigenvalue weighted by molar-refractivity contribution is 5.92. The first-order valence-electron chi connectivity index (χ1n) is 7.92. The number of carbonyl (C=O) groups excluding carboxylic acids is 1. The van der Waals surface area contributed by atoms with Crippen LogP contribution in [0.15, 0.2) is 36.7 Å². The first-order valence-corrected chi connectivity index (χ1v) is 7.92. The number of nitrogens with zero attached hydrogens (tertiary/aromatic N) is 4. The van der Waals surface area contributed by atoms with E-state index in [1.165, 1.54) is 16.7 Å². The molecular formula is C18H18N4O. The molecule has 0 aliphatic heterocycles. The molecule has 1 amide bonds. The van der Waals surface area contributed by atoms with E-state index in [1.807, 2.05) is 29.8 Å². The lowest BCUT2D eigenvalue weighted by Gasteiger charge is -2.24. The third-order valence-electron chi connectivity index (χ3n) is 4.51. The van der Waals surface area contributed by atoms with E-state index in [-0.39, 0.29) is 5.91 Å². The molecule has 4 rings (SSSR count). The first-order chi connectivity index (χ1) is 11.2. The summed E-state index contributed by atoms with van der Waals surface area (Å²) < 4.78 is 1.91. The van der Waals surface area contributed by atoms with E-state index in [9.17, 15) is 4.79 Å². The van der Waals surface area contributed by atoms with Crippen LogP contribution < -0.4 is 4.90 Å². The summed E-state index contributed by atoms with van der Waals surface area (Å²) in [4.78, 5) is 18.0. The Labute approximate surface area is 134 Å². The zero-order valence-corrected chi connectivity index (χ0v) is 13.3. The quantitative estimate of drug-likeness (QED) is 0.731. The highest BCUT2D eigenvalue weighted by Crippen LogP contribution is 2.35. The van der Waals surface area contributed by atoms with Crippen LogP contribution in [0.4, 0.5) is 5.69 Å². The largest absolute Gasteiger partial charge is 0.313 e. The number of aryl methyl sites for hydroxylation is 2. The molecule has 2 aromatic heterocycles. The minimum absolute atomic E-state index is 0.0716. The minimum Gasteiger partial charge on any atom is -0.313 e. The Bertz CT molecular complexity index is 913. The molecule has 0 spiro atoms. The molecule has 0 N–H and O–H groups in total. The van der Waals surface area contributed by atoms with Crippen LogP contribution in [-0.4, -0.2) is 27.0 Å². The number of carbonyl (C=O) groups is 1. The zero-order chi connectivity index (χ0) is 16.0. The van der Waals surface area contributed by atoms with Gasteiger partial charge in [0.2, 0.25) is 5.91 Å². The highest BCUT2D eigenvalue weighted by Gasteiger charge is 2.21. The molecule has 0 fully saturated rings. The van der Waals surface area contributed by atoms with E-state index in [0.29, 0.717) is 6.54 Å². The number of anilines is 1. The molecule has 2 heterocycles. The van der Waals surface area contributed by atoms with Crippen molar-refractivity contribution < 1.29 is 4.79 Å². The summed E-state index contributed by atoms with van der Waals surface area (Å²) in [6.07, 6.45) is 5.64. The van der Waals surface area contributed by atoms with Gasteiger partial charge < -0.3 is 4.90 Å². The van der Waals surface area contributed by atoms with Crippen LogP contribution in [0.25, 0.3) is 16.9 Å². The summed E-state index contributed by atoms with van der Waals surface area (Å²) in [5.74, 6) is 0.0716. The fourth-order valence-electron chi connectivity index (χ4n) is 3.42. The van der Waals surface area contributed by atoms with E-state index in [4.69, 9.17) is 0 Å². The molecule has 0 atom stereocenters. The number of aromatic nitrogens is 3. The Balaban J connectivity index is 1.89. The number of hydrogen-bond acceptors (Lipinski definition) is 3. The molecule has 5 nitrogen and oxygen atoms in total. The van der Waals surface area contributed by atoms with Gasteiger partial charge in [-0.05, 0) is 43.0 Å². The van der Waals surface area contributed by atoms with Gasteiger partial charge in [-0.2, -0.15) is 5.10 Å². The molecule has 23 heavy (non-hydrogen) atoms. The molecular weight excluding hydrogens is 288 g/mol. The summed E-state index contributed by atoms with van der Waals surface area (Å²) in [7, 11) is 0. The van der Waals surface area contributed by atoms with Crippen molar-refractivity contribution in [3.63, 3.8) is 0 Å². The third-order valence-corrected chi connectivity index (χ3v) is 4.51.